The van der Waals surface area contributed by atoms with E-state index in [9.17, 15) is 14.4 Å². The van der Waals surface area contributed by atoms with Gasteiger partial charge in [-0.05, 0) is 62.4 Å². The fourth-order valence-electron chi connectivity index (χ4n) is 4.85. The van der Waals surface area contributed by atoms with Crippen LogP contribution in [0.15, 0.2) is 35.3 Å². The minimum absolute atomic E-state index is 0.132. The first kappa shape index (κ1) is 21.5. The molecule has 8 nitrogen and oxygen atoms in total. The summed E-state index contributed by atoms with van der Waals surface area (Å²) in [6, 6.07) is 8.28. The summed E-state index contributed by atoms with van der Waals surface area (Å²) in [7, 11) is 0. The number of anilines is 1. The Morgan fingerprint density at radius 2 is 2.06 bits per heavy atom. The Labute approximate surface area is 201 Å². The summed E-state index contributed by atoms with van der Waals surface area (Å²) >= 11 is 0. The number of hydrogen-bond donors (Lipinski definition) is 0. The molecule has 1 fully saturated rings. The summed E-state index contributed by atoms with van der Waals surface area (Å²) in [4.78, 5) is 24.5. The Morgan fingerprint density at radius 3 is 2.83 bits per heavy atom. The smallest absolute Gasteiger partial charge is 0.351 e. The van der Waals surface area contributed by atoms with E-state index in [0.717, 1.165) is 54.1 Å². The second-order valence-corrected chi connectivity index (χ2v) is 9.49. The summed E-state index contributed by atoms with van der Waals surface area (Å²) in [5, 5.41) is 14.0. The van der Waals surface area contributed by atoms with Gasteiger partial charge in [0.05, 0.1) is 11.6 Å². The SMILES string of the molecule is Cc1c(N2CCc3ncc(-c4cc(F)ccc4C#N)cc3C2)nc2nn(CC3CC3)c(=O)n2c1C. The molecule has 0 radical (unpaired) electrons. The van der Waals surface area contributed by atoms with Gasteiger partial charge in [-0.2, -0.15) is 10.2 Å². The molecule has 0 saturated heterocycles. The van der Waals surface area contributed by atoms with Crippen molar-refractivity contribution in [3.8, 4) is 17.2 Å². The minimum atomic E-state index is -0.390. The molecule has 0 bridgehead atoms. The van der Waals surface area contributed by atoms with E-state index in [1.807, 2.05) is 19.9 Å². The number of hydrogen-bond acceptors (Lipinski definition) is 6. The van der Waals surface area contributed by atoms with Crippen molar-refractivity contribution in [1.29, 1.82) is 5.26 Å². The highest BCUT2D eigenvalue weighted by Gasteiger charge is 2.26. The molecule has 4 aromatic rings. The molecule has 9 heteroatoms. The van der Waals surface area contributed by atoms with Gasteiger partial charge in [-0.1, -0.05) is 0 Å². The van der Waals surface area contributed by atoms with Crippen LogP contribution in [-0.2, 0) is 19.5 Å². The molecule has 35 heavy (non-hydrogen) atoms. The van der Waals surface area contributed by atoms with Crippen LogP contribution in [-0.4, -0.2) is 30.7 Å². The van der Waals surface area contributed by atoms with E-state index in [-0.39, 0.29) is 5.69 Å². The normalized spacial score (nSPS) is 15.3. The monoisotopic (exact) mass is 469 g/mol. The van der Waals surface area contributed by atoms with Gasteiger partial charge in [0, 0.05) is 60.3 Å². The lowest BCUT2D eigenvalue weighted by atomic mass is 9.97. The average Bonchev–Trinajstić information content (AvgIpc) is 3.63. The summed E-state index contributed by atoms with van der Waals surface area (Å²) < 4.78 is 17.1. The number of nitrogens with zero attached hydrogens (tertiary/aromatic N) is 7. The molecule has 1 aromatic carbocycles. The molecule has 0 N–H and O–H groups in total. The van der Waals surface area contributed by atoms with E-state index < -0.39 is 5.82 Å². The molecule has 3 aromatic heterocycles. The van der Waals surface area contributed by atoms with Crippen LogP contribution in [0.25, 0.3) is 16.9 Å². The number of aryl methyl sites for hydroxylation is 1. The molecule has 0 unspecified atom stereocenters. The highest BCUT2D eigenvalue weighted by Crippen LogP contribution is 2.32. The van der Waals surface area contributed by atoms with Gasteiger partial charge in [0.2, 0.25) is 0 Å². The predicted octanol–water partition coefficient (Wildman–Crippen LogP) is 3.55. The largest absolute Gasteiger partial charge is 0.351 e. The molecule has 1 aliphatic carbocycles. The van der Waals surface area contributed by atoms with Crippen LogP contribution in [0.2, 0.25) is 0 Å². The van der Waals surface area contributed by atoms with E-state index >= 15 is 0 Å². The van der Waals surface area contributed by atoms with Gasteiger partial charge in [-0.3, -0.25) is 4.98 Å². The second kappa shape index (κ2) is 8.01. The zero-order chi connectivity index (χ0) is 24.3. The Hall–Kier alpha value is -4.06. The fraction of sp³-hybridized carbons (Fsp3) is 0.346. The molecule has 1 saturated carbocycles. The lowest BCUT2D eigenvalue weighted by Gasteiger charge is -2.31. The van der Waals surface area contributed by atoms with Crippen molar-refractivity contribution < 1.29 is 4.39 Å². The first-order valence-corrected chi connectivity index (χ1v) is 11.8. The molecule has 2 aliphatic rings. The maximum atomic E-state index is 13.9. The van der Waals surface area contributed by atoms with Gasteiger partial charge in [-0.15, -0.1) is 5.10 Å². The molecule has 4 heterocycles. The van der Waals surface area contributed by atoms with E-state index in [2.05, 4.69) is 21.1 Å². The maximum Gasteiger partial charge on any atom is 0.351 e. The van der Waals surface area contributed by atoms with Crippen LogP contribution in [0.1, 0.15) is 40.9 Å². The molecule has 176 valence electrons. The third kappa shape index (κ3) is 3.66. The van der Waals surface area contributed by atoms with Crippen LogP contribution >= 0.6 is 0 Å². The van der Waals surface area contributed by atoms with Crippen molar-refractivity contribution in [1.82, 2.24) is 24.1 Å². The van der Waals surface area contributed by atoms with Crippen molar-refractivity contribution in [2.45, 2.75) is 46.2 Å². The lowest BCUT2D eigenvalue weighted by Crippen LogP contribution is -2.33. The zero-order valence-electron chi connectivity index (χ0n) is 19.6. The summed E-state index contributed by atoms with van der Waals surface area (Å²) in [5.74, 6) is 1.37. The van der Waals surface area contributed by atoms with Crippen molar-refractivity contribution >= 4 is 11.6 Å². The zero-order valence-corrected chi connectivity index (χ0v) is 19.6. The molecule has 0 amide bonds. The topological polar surface area (TPSA) is 92.1 Å². The minimum Gasteiger partial charge on any atom is -0.351 e. The highest BCUT2D eigenvalue weighted by molar-refractivity contribution is 5.71. The van der Waals surface area contributed by atoms with E-state index in [1.165, 1.54) is 18.2 Å². The number of pyridine rings is 1. The quantitative estimate of drug-likeness (QED) is 0.454. The van der Waals surface area contributed by atoms with Crippen molar-refractivity contribution in [3.63, 3.8) is 0 Å². The third-order valence-corrected chi connectivity index (χ3v) is 7.12. The maximum absolute atomic E-state index is 13.9. The average molecular weight is 470 g/mol. The number of halogens is 1. The van der Waals surface area contributed by atoms with Gasteiger partial charge >= 0.3 is 5.69 Å². The molecule has 0 spiro atoms. The molecular formula is C26H24FN7O. The summed E-state index contributed by atoms with van der Waals surface area (Å²) in [6.45, 7) is 5.87. The fourth-order valence-corrected chi connectivity index (χ4v) is 4.85. The first-order valence-electron chi connectivity index (χ1n) is 11.8. The Morgan fingerprint density at radius 1 is 1.23 bits per heavy atom. The van der Waals surface area contributed by atoms with E-state index in [0.29, 0.717) is 41.5 Å². The first-order chi connectivity index (χ1) is 16.9. The van der Waals surface area contributed by atoms with Crippen LogP contribution in [0.5, 0.6) is 0 Å². The molecular weight excluding hydrogens is 445 g/mol. The van der Waals surface area contributed by atoms with E-state index in [1.54, 1.807) is 15.3 Å². The van der Waals surface area contributed by atoms with Gasteiger partial charge in [0.25, 0.3) is 5.78 Å². The van der Waals surface area contributed by atoms with Crippen LogP contribution in [0.4, 0.5) is 10.2 Å². The Balaban J connectivity index is 1.38. The molecule has 1 aliphatic heterocycles. The third-order valence-electron chi connectivity index (χ3n) is 7.12. The van der Waals surface area contributed by atoms with Gasteiger partial charge < -0.3 is 4.90 Å². The predicted molar refractivity (Wildman–Crippen MR) is 129 cm³/mol. The van der Waals surface area contributed by atoms with Crippen LogP contribution in [0, 0.1) is 36.9 Å². The second-order valence-electron chi connectivity index (χ2n) is 9.49. The van der Waals surface area contributed by atoms with Gasteiger partial charge in [0.15, 0.2) is 0 Å². The summed E-state index contributed by atoms with van der Waals surface area (Å²) in [6.07, 6.45) is 4.73. The van der Waals surface area contributed by atoms with Gasteiger partial charge in [-0.25, -0.2) is 18.3 Å². The Kier molecular flexibility index (Phi) is 4.92. The van der Waals surface area contributed by atoms with Crippen molar-refractivity contribution in [3.05, 3.63) is 74.8 Å². The number of nitriles is 1. The number of benzene rings is 1. The number of rotatable bonds is 4. The standard InChI is InChI=1S/C26H24FN7O/c1-15-16(2)34-25(31-33(26(34)35)13-17-3-4-17)30-24(15)32-8-7-23-20(14-32)9-19(12-29-23)22-10-21(27)6-5-18(22)11-28/h5-6,9-10,12,17H,3-4,7-8,13-14H2,1-2H3. The van der Waals surface area contributed by atoms with Crippen LogP contribution < -0.4 is 10.6 Å². The highest BCUT2D eigenvalue weighted by atomic mass is 19.1. The lowest BCUT2D eigenvalue weighted by molar-refractivity contribution is 0.544. The molecule has 6 rings (SSSR count). The Bertz CT molecular complexity index is 1590. The number of fused-ring (bicyclic) bond motifs is 2. The number of aromatic nitrogens is 5. The van der Waals surface area contributed by atoms with Crippen molar-refractivity contribution in [2.24, 2.45) is 5.92 Å². The van der Waals surface area contributed by atoms with E-state index in [4.69, 9.17) is 4.98 Å². The molecule has 0 atom stereocenters. The van der Waals surface area contributed by atoms with Crippen LogP contribution in [0.3, 0.4) is 0 Å². The van der Waals surface area contributed by atoms with Crippen molar-refractivity contribution in [2.75, 3.05) is 11.4 Å². The summed E-state index contributed by atoms with van der Waals surface area (Å²) in [5.41, 5.74) is 5.30. The van der Waals surface area contributed by atoms with Gasteiger partial charge in [0.1, 0.15) is 11.6 Å².